The zero-order valence-corrected chi connectivity index (χ0v) is 23.5. The lowest BCUT2D eigenvalue weighted by atomic mass is 9.91. The molecule has 3 N–H and O–H groups in total. The first-order valence-corrected chi connectivity index (χ1v) is 13.9. The number of benzene rings is 2. The van der Waals surface area contributed by atoms with Crippen LogP contribution in [0.25, 0.3) is 11.1 Å². The zero-order chi connectivity index (χ0) is 27.2. The SMILES string of the molecule is CCN(c1cc(-c2ccc(CNC)cc2)cc(C(=O)NCc2c(C)cc(C)[nH]c2=O)c1C)C1CCCCC1. The molecule has 4 rings (SSSR count). The van der Waals surface area contributed by atoms with Gasteiger partial charge in [0.2, 0.25) is 0 Å². The second-order valence-corrected chi connectivity index (χ2v) is 10.6. The number of carbonyl (C=O) groups is 1. The van der Waals surface area contributed by atoms with Crippen molar-refractivity contribution < 1.29 is 4.79 Å². The highest BCUT2D eigenvalue weighted by Crippen LogP contribution is 2.35. The fourth-order valence-electron chi connectivity index (χ4n) is 5.80. The number of H-pyrrole nitrogens is 1. The Labute approximate surface area is 226 Å². The fraction of sp³-hybridized carbons (Fsp3) is 0.438. The summed E-state index contributed by atoms with van der Waals surface area (Å²) in [4.78, 5) is 31.5. The molecule has 0 atom stereocenters. The van der Waals surface area contributed by atoms with Crippen molar-refractivity contribution in [3.63, 3.8) is 0 Å². The second kappa shape index (κ2) is 12.4. The van der Waals surface area contributed by atoms with Crippen LogP contribution in [0.15, 0.2) is 47.3 Å². The molecular weight excluding hydrogens is 472 g/mol. The van der Waals surface area contributed by atoms with E-state index in [1.807, 2.05) is 33.0 Å². The molecule has 1 aliphatic rings. The van der Waals surface area contributed by atoms with Crippen LogP contribution in [0.3, 0.4) is 0 Å². The molecule has 0 spiro atoms. The minimum absolute atomic E-state index is 0.148. The second-order valence-electron chi connectivity index (χ2n) is 10.6. The minimum atomic E-state index is -0.156. The first kappa shape index (κ1) is 27.6. The Kier molecular flexibility index (Phi) is 9.05. The van der Waals surface area contributed by atoms with Gasteiger partial charge in [-0.15, -0.1) is 0 Å². The van der Waals surface area contributed by atoms with E-state index in [0.29, 0.717) is 17.2 Å². The van der Waals surface area contributed by atoms with E-state index in [-0.39, 0.29) is 18.0 Å². The number of nitrogens with one attached hydrogen (secondary N) is 3. The van der Waals surface area contributed by atoms with Gasteiger partial charge in [0, 0.05) is 48.2 Å². The lowest BCUT2D eigenvalue weighted by Crippen LogP contribution is -2.37. The standard InChI is InChI=1S/C32H42N4O2/c1-6-36(27-10-8-7-9-11-27)30-18-26(25-14-12-24(13-15-25)19-33-5)17-28(23(30)4)31(37)34-20-29-21(2)16-22(3)35-32(29)38/h12-18,27,33H,6-11,19-20H2,1-5H3,(H,34,37)(H,35,38). The molecule has 0 saturated heterocycles. The van der Waals surface area contributed by atoms with Crippen molar-refractivity contribution in [2.75, 3.05) is 18.5 Å². The summed E-state index contributed by atoms with van der Waals surface area (Å²) in [6.07, 6.45) is 6.19. The van der Waals surface area contributed by atoms with Gasteiger partial charge in [0.15, 0.2) is 0 Å². The molecule has 1 aromatic heterocycles. The van der Waals surface area contributed by atoms with Crippen molar-refractivity contribution in [2.45, 2.75) is 78.9 Å². The third kappa shape index (κ3) is 6.18. The maximum Gasteiger partial charge on any atom is 0.253 e. The van der Waals surface area contributed by atoms with Crippen LogP contribution in [0, 0.1) is 20.8 Å². The molecule has 1 amide bonds. The zero-order valence-electron chi connectivity index (χ0n) is 23.5. The minimum Gasteiger partial charge on any atom is -0.369 e. The maximum atomic E-state index is 13.6. The van der Waals surface area contributed by atoms with E-state index in [2.05, 4.69) is 64.7 Å². The number of aromatic amines is 1. The van der Waals surface area contributed by atoms with E-state index < -0.39 is 0 Å². The quantitative estimate of drug-likeness (QED) is 0.339. The molecule has 1 heterocycles. The summed E-state index contributed by atoms with van der Waals surface area (Å²) in [7, 11) is 1.95. The average Bonchev–Trinajstić information content (AvgIpc) is 2.90. The summed E-state index contributed by atoms with van der Waals surface area (Å²) in [5.74, 6) is -0.156. The molecule has 0 aliphatic heterocycles. The molecular formula is C32H42N4O2. The molecule has 6 heteroatoms. The van der Waals surface area contributed by atoms with E-state index in [0.717, 1.165) is 46.7 Å². The Balaban J connectivity index is 1.72. The summed E-state index contributed by atoms with van der Waals surface area (Å²) >= 11 is 0. The van der Waals surface area contributed by atoms with E-state index in [1.165, 1.54) is 37.7 Å². The number of aryl methyl sites for hydroxylation is 2. The normalized spacial score (nSPS) is 13.9. The molecule has 1 aliphatic carbocycles. The van der Waals surface area contributed by atoms with Gasteiger partial charge in [0.05, 0.1) is 0 Å². The van der Waals surface area contributed by atoms with Crippen LogP contribution in [0.1, 0.15) is 77.3 Å². The number of pyridine rings is 1. The first-order chi connectivity index (χ1) is 18.3. The number of anilines is 1. The summed E-state index contributed by atoms with van der Waals surface area (Å²) in [5, 5.41) is 6.24. The molecule has 38 heavy (non-hydrogen) atoms. The predicted molar refractivity (Wildman–Crippen MR) is 157 cm³/mol. The fourth-order valence-corrected chi connectivity index (χ4v) is 5.80. The number of aromatic nitrogens is 1. The van der Waals surface area contributed by atoms with Crippen molar-refractivity contribution in [3.05, 3.63) is 86.3 Å². The summed E-state index contributed by atoms with van der Waals surface area (Å²) in [6, 6.07) is 15.2. The highest BCUT2D eigenvalue weighted by molar-refractivity contribution is 5.99. The Hall–Kier alpha value is -3.38. The number of hydrogen-bond acceptors (Lipinski definition) is 4. The number of carbonyl (C=O) groups excluding carboxylic acids is 1. The van der Waals surface area contributed by atoms with Crippen molar-refractivity contribution >= 4 is 11.6 Å². The predicted octanol–water partition coefficient (Wildman–Crippen LogP) is 5.78. The molecule has 0 radical (unpaired) electrons. The smallest absolute Gasteiger partial charge is 0.253 e. The summed E-state index contributed by atoms with van der Waals surface area (Å²) < 4.78 is 0. The van der Waals surface area contributed by atoms with E-state index in [9.17, 15) is 9.59 Å². The molecule has 1 saturated carbocycles. The molecule has 3 aromatic rings. The Morgan fingerprint density at radius 1 is 0.974 bits per heavy atom. The molecule has 0 unspecified atom stereocenters. The number of amides is 1. The molecule has 1 fully saturated rings. The summed E-state index contributed by atoms with van der Waals surface area (Å²) in [6.45, 7) is 9.95. The monoisotopic (exact) mass is 514 g/mol. The summed E-state index contributed by atoms with van der Waals surface area (Å²) in [5.41, 5.74) is 8.26. The van der Waals surface area contributed by atoms with Gasteiger partial charge in [-0.2, -0.15) is 0 Å². The van der Waals surface area contributed by atoms with E-state index in [4.69, 9.17) is 0 Å². The van der Waals surface area contributed by atoms with E-state index in [1.54, 1.807) is 0 Å². The first-order valence-electron chi connectivity index (χ1n) is 13.9. The van der Waals surface area contributed by atoms with Gasteiger partial charge < -0.3 is 20.5 Å². The van der Waals surface area contributed by atoms with Gasteiger partial charge in [-0.1, -0.05) is 43.5 Å². The van der Waals surface area contributed by atoms with Crippen LogP contribution < -0.4 is 21.1 Å². The topological polar surface area (TPSA) is 77.2 Å². The van der Waals surface area contributed by atoms with Crippen molar-refractivity contribution in [1.29, 1.82) is 0 Å². The molecule has 202 valence electrons. The van der Waals surface area contributed by atoms with Crippen LogP contribution in [0.2, 0.25) is 0 Å². The van der Waals surface area contributed by atoms with Crippen molar-refractivity contribution in [1.82, 2.24) is 15.6 Å². The van der Waals surface area contributed by atoms with Crippen molar-refractivity contribution in [2.24, 2.45) is 0 Å². The molecule has 2 aromatic carbocycles. The van der Waals surface area contributed by atoms with Crippen LogP contribution in [-0.2, 0) is 13.1 Å². The third-order valence-corrected chi connectivity index (χ3v) is 7.88. The third-order valence-electron chi connectivity index (χ3n) is 7.88. The van der Waals surface area contributed by atoms with Crippen LogP contribution in [-0.4, -0.2) is 30.5 Å². The maximum absolute atomic E-state index is 13.6. The Morgan fingerprint density at radius 3 is 2.32 bits per heavy atom. The number of rotatable bonds is 9. The highest BCUT2D eigenvalue weighted by atomic mass is 16.1. The average molecular weight is 515 g/mol. The molecule has 0 bridgehead atoms. The van der Waals surface area contributed by atoms with Gasteiger partial charge in [0.25, 0.3) is 11.5 Å². The van der Waals surface area contributed by atoms with Crippen LogP contribution in [0.5, 0.6) is 0 Å². The number of nitrogens with zero attached hydrogens (tertiary/aromatic N) is 1. The van der Waals surface area contributed by atoms with Crippen LogP contribution in [0.4, 0.5) is 5.69 Å². The number of hydrogen-bond donors (Lipinski definition) is 3. The largest absolute Gasteiger partial charge is 0.369 e. The van der Waals surface area contributed by atoms with Gasteiger partial charge in [-0.25, -0.2) is 0 Å². The van der Waals surface area contributed by atoms with Crippen LogP contribution >= 0.6 is 0 Å². The lowest BCUT2D eigenvalue weighted by molar-refractivity contribution is 0.0950. The van der Waals surface area contributed by atoms with Gasteiger partial charge in [-0.3, -0.25) is 9.59 Å². The molecule has 6 nitrogen and oxygen atoms in total. The van der Waals surface area contributed by atoms with E-state index >= 15 is 0 Å². The van der Waals surface area contributed by atoms with Gasteiger partial charge >= 0.3 is 0 Å². The Bertz CT molecular complexity index is 1320. The van der Waals surface area contributed by atoms with Crippen molar-refractivity contribution in [3.8, 4) is 11.1 Å². The highest BCUT2D eigenvalue weighted by Gasteiger charge is 2.24. The Morgan fingerprint density at radius 2 is 1.68 bits per heavy atom. The van der Waals surface area contributed by atoms with Gasteiger partial charge in [0.1, 0.15) is 0 Å². The van der Waals surface area contributed by atoms with Gasteiger partial charge in [-0.05, 0) is 93.6 Å². The lowest BCUT2D eigenvalue weighted by Gasteiger charge is -2.37.